The molecule has 3 aliphatic rings. The Morgan fingerprint density at radius 3 is 2.76 bits per heavy atom. The molecule has 3 aliphatic heterocycles. The van der Waals surface area contributed by atoms with Crippen molar-refractivity contribution in [2.75, 3.05) is 18.8 Å². The minimum atomic E-state index is -0.240. The van der Waals surface area contributed by atoms with Crippen LogP contribution in [0.1, 0.15) is 36.1 Å². The second-order valence-electron chi connectivity index (χ2n) is 10.4. The fourth-order valence-corrected chi connectivity index (χ4v) is 7.22. The number of fused-ring (bicyclic) bond motifs is 6. The number of aromatic nitrogens is 5. The number of nitrogens with zero attached hydrogens (tertiary/aromatic N) is 6. The number of thioether (sulfide) groups is 1. The van der Waals surface area contributed by atoms with Gasteiger partial charge in [-0.2, -0.15) is 5.10 Å². The predicted molar refractivity (Wildman–Crippen MR) is 140 cm³/mol. The molecule has 1 amide bonds. The van der Waals surface area contributed by atoms with Gasteiger partial charge >= 0.3 is 0 Å². The average Bonchev–Trinajstić information content (AvgIpc) is 3.50. The summed E-state index contributed by atoms with van der Waals surface area (Å²) < 4.78 is 5.26. The fraction of sp³-hybridized carbons (Fsp3) is 0.370. The Morgan fingerprint density at radius 2 is 1.92 bits per heavy atom. The molecule has 0 aliphatic carbocycles. The molecule has 1 aromatic carbocycles. The zero-order valence-electron chi connectivity index (χ0n) is 20.4. The average molecular weight is 515 g/mol. The van der Waals surface area contributed by atoms with Crippen molar-refractivity contribution in [1.29, 1.82) is 0 Å². The van der Waals surface area contributed by atoms with Crippen LogP contribution in [0.15, 0.2) is 63.4 Å². The molecule has 1 saturated heterocycles. The Morgan fingerprint density at radius 1 is 1.08 bits per heavy atom. The molecule has 3 unspecified atom stereocenters. The van der Waals surface area contributed by atoms with Crippen LogP contribution in [0.4, 0.5) is 0 Å². The van der Waals surface area contributed by atoms with Crippen molar-refractivity contribution in [3.63, 3.8) is 0 Å². The molecule has 7 rings (SSSR count). The molecular formula is C27H26N6O3S. The van der Waals surface area contributed by atoms with Crippen molar-refractivity contribution in [2.24, 2.45) is 5.92 Å². The van der Waals surface area contributed by atoms with Crippen molar-refractivity contribution in [2.45, 2.75) is 43.4 Å². The van der Waals surface area contributed by atoms with Crippen molar-refractivity contribution in [3.05, 3.63) is 80.6 Å². The van der Waals surface area contributed by atoms with E-state index in [1.165, 1.54) is 11.8 Å². The first kappa shape index (κ1) is 22.5. The summed E-state index contributed by atoms with van der Waals surface area (Å²) in [4.78, 5) is 46.0. The third kappa shape index (κ3) is 3.65. The van der Waals surface area contributed by atoms with Crippen LogP contribution in [-0.2, 0) is 11.3 Å². The molecule has 3 atom stereocenters. The van der Waals surface area contributed by atoms with E-state index in [0.717, 1.165) is 23.4 Å². The minimum Gasteiger partial charge on any atom is -0.342 e. The molecule has 0 N–H and O–H groups in total. The second-order valence-corrected chi connectivity index (χ2v) is 11.4. The molecule has 188 valence electrons. The lowest BCUT2D eigenvalue weighted by atomic mass is 9.83. The summed E-state index contributed by atoms with van der Waals surface area (Å²) in [5, 5.41) is 5.53. The number of pyridine rings is 1. The molecule has 0 saturated carbocycles. The number of likely N-dealkylation sites (tertiary alicyclic amines) is 1. The van der Waals surface area contributed by atoms with Crippen molar-refractivity contribution < 1.29 is 4.79 Å². The van der Waals surface area contributed by atoms with Crippen LogP contribution in [0.25, 0.3) is 16.7 Å². The van der Waals surface area contributed by atoms with E-state index in [1.54, 1.807) is 21.5 Å². The minimum absolute atomic E-state index is 0.0375. The number of carbonyl (C=O) groups is 1. The van der Waals surface area contributed by atoms with Gasteiger partial charge < -0.3 is 9.47 Å². The van der Waals surface area contributed by atoms with Crippen LogP contribution in [0.2, 0.25) is 0 Å². The first-order valence-electron chi connectivity index (χ1n) is 12.6. The fourth-order valence-electron chi connectivity index (χ4n) is 6.09. The summed E-state index contributed by atoms with van der Waals surface area (Å²) >= 11 is 1.51. The van der Waals surface area contributed by atoms with Gasteiger partial charge in [0.2, 0.25) is 5.91 Å². The Bertz CT molecular complexity index is 1670. The molecular weight excluding hydrogens is 488 g/mol. The third-order valence-corrected chi connectivity index (χ3v) is 8.99. The van der Waals surface area contributed by atoms with Crippen molar-refractivity contribution in [1.82, 2.24) is 28.8 Å². The highest BCUT2D eigenvalue weighted by molar-refractivity contribution is 7.99. The zero-order chi connectivity index (χ0) is 25.3. The lowest BCUT2D eigenvalue weighted by Gasteiger charge is -2.43. The largest absolute Gasteiger partial charge is 0.342 e. The number of piperidine rings is 1. The van der Waals surface area contributed by atoms with E-state index in [9.17, 15) is 14.4 Å². The molecule has 10 heteroatoms. The first-order valence-corrected chi connectivity index (χ1v) is 13.6. The molecule has 9 nitrogen and oxygen atoms in total. The molecule has 0 radical (unpaired) electrons. The third-order valence-electron chi connectivity index (χ3n) is 7.89. The monoisotopic (exact) mass is 514 g/mol. The lowest BCUT2D eigenvalue weighted by Crippen LogP contribution is -2.49. The smallest absolute Gasteiger partial charge is 0.265 e. The topological polar surface area (TPSA) is 95.0 Å². The Balaban J connectivity index is 1.15. The zero-order valence-corrected chi connectivity index (χ0v) is 21.2. The number of benzene rings is 1. The maximum absolute atomic E-state index is 13.5. The van der Waals surface area contributed by atoms with E-state index in [0.29, 0.717) is 41.6 Å². The lowest BCUT2D eigenvalue weighted by molar-refractivity contribution is -0.134. The highest BCUT2D eigenvalue weighted by atomic mass is 32.2. The van der Waals surface area contributed by atoms with E-state index >= 15 is 0 Å². The van der Waals surface area contributed by atoms with Gasteiger partial charge in [0, 0.05) is 49.5 Å². The number of hydrogen-bond acceptors (Lipinski definition) is 6. The number of rotatable bonds is 3. The maximum atomic E-state index is 13.5. The van der Waals surface area contributed by atoms with Crippen LogP contribution >= 0.6 is 11.8 Å². The van der Waals surface area contributed by atoms with E-state index in [1.807, 2.05) is 52.8 Å². The first-order chi connectivity index (χ1) is 18.0. The van der Waals surface area contributed by atoms with E-state index in [4.69, 9.17) is 4.98 Å². The molecule has 37 heavy (non-hydrogen) atoms. The van der Waals surface area contributed by atoms with Gasteiger partial charge in [0.15, 0.2) is 10.8 Å². The molecule has 6 heterocycles. The molecule has 0 spiro atoms. The standard InChI is InChI=1S/C27H26N6O3S/c1-16-5-7-19(8-6-16)33-25-21(11-28-33)26(36)32-20(15-37-27(32)29-25)10-24(35)30-12-17-9-18(14-30)22-3-2-4-23(34)31(22)13-17/h2-8,11,17-18,20H,9-10,12-15H2,1H3. The van der Waals surface area contributed by atoms with Crippen LogP contribution in [0, 0.1) is 12.8 Å². The Kier molecular flexibility index (Phi) is 5.14. The normalized spacial score (nSPS) is 22.2. The summed E-state index contributed by atoms with van der Waals surface area (Å²) in [6.07, 6.45) is 2.84. The van der Waals surface area contributed by atoms with E-state index < -0.39 is 0 Å². The van der Waals surface area contributed by atoms with Gasteiger partial charge in [0.1, 0.15) is 5.39 Å². The Hall–Kier alpha value is -3.66. The van der Waals surface area contributed by atoms with Crippen LogP contribution < -0.4 is 11.1 Å². The van der Waals surface area contributed by atoms with Gasteiger partial charge in [-0.15, -0.1) is 0 Å². The van der Waals surface area contributed by atoms with Gasteiger partial charge in [0.05, 0.1) is 17.9 Å². The molecule has 3 aromatic heterocycles. The summed E-state index contributed by atoms with van der Waals surface area (Å²) in [7, 11) is 0. The maximum Gasteiger partial charge on any atom is 0.265 e. The van der Waals surface area contributed by atoms with Gasteiger partial charge in [-0.3, -0.25) is 19.0 Å². The second kappa shape index (κ2) is 8.44. The van der Waals surface area contributed by atoms with Gasteiger partial charge in [-0.1, -0.05) is 35.5 Å². The van der Waals surface area contributed by atoms with Gasteiger partial charge in [-0.05, 0) is 37.5 Å². The quantitative estimate of drug-likeness (QED) is 0.390. The molecule has 1 fully saturated rings. The van der Waals surface area contributed by atoms with Crippen LogP contribution in [0.5, 0.6) is 0 Å². The Labute approximate surface area is 216 Å². The van der Waals surface area contributed by atoms with Crippen molar-refractivity contribution >= 4 is 28.7 Å². The van der Waals surface area contributed by atoms with E-state index in [-0.39, 0.29) is 41.3 Å². The summed E-state index contributed by atoms with van der Waals surface area (Å²) in [5.74, 6) is 1.14. The number of aryl methyl sites for hydroxylation is 1. The predicted octanol–water partition coefficient (Wildman–Crippen LogP) is 2.74. The van der Waals surface area contributed by atoms with E-state index in [2.05, 4.69) is 5.10 Å². The van der Waals surface area contributed by atoms with Gasteiger partial charge in [0.25, 0.3) is 11.1 Å². The number of amides is 1. The summed E-state index contributed by atoms with van der Waals surface area (Å²) in [6.45, 7) is 3.94. The highest BCUT2D eigenvalue weighted by Gasteiger charge is 2.38. The van der Waals surface area contributed by atoms with Crippen molar-refractivity contribution in [3.8, 4) is 5.69 Å². The van der Waals surface area contributed by atoms with Crippen LogP contribution in [-0.4, -0.2) is 53.5 Å². The highest BCUT2D eigenvalue weighted by Crippen LogP contribution is 2.37. The van der Waals surface area contributed by atoms with Gasteiger partial charge in [-0.25, -0.2) is 9.67 Å². The van der Waals surface area contributed by atoms with Crippen LogP contribution in [0.3, 0.4) is 0 Å². The molecule has 4 aromatic rings. The molecule has 2 bridgehead atoms. The summed E-state index contributed by atoms with van der Waals surface area (Å²) in [6, 6.07) is 13.1. The SMILES string of the molecule is Cc1ccc(-n2ncc3c(=O)n4c(nc32)SCC4CC(=O)N2CC3CC(C2)c2cccc(=O)n2C3)cc1. The number of hydrogen-bond donors (Lipinski definition) is 0. The number of carbonyl (C=O) groups excluding carboxylic acids is 1. The summed E-state index contributed by atoms with van der Waals surface area (Å²) in [5.41, 5.74) is 3.45.